The van der Waals surface area contributed by atoms with E-state index in [4.69, 9.17) is 9.72 Å². The topological polar surface area (TPSA) is 85.2 Å². The van der Waals surface area contributed by atoms with E-state index in [0.717, 1.165) is 49.6 Å². The van der Waals surface area contributed by atoms with Crippen molar-refractivity contribution in [2.75, 3.05) is 44.7 Å². The van der Waals surface area contributed by atoms with Gasteiger partial charge >= 0.3 is 0 Å². The highest BCUT2D eigenvalue weighted by Crippen LogP contribution is 2.26. The Hall–Kier alpha value is -2.84. The van der Waals surface area contributed by atoms with E-state index in [2.05, 4.69) is 20.2 Å². The second-order valence-electron chi connectivity index (χ2n) is 9.04. The van der Waals surface area contributed by atoms with Crippen molar-refractivity contribution < 1.29 is 4.74 Å². The van der Waals surface area contributed by atoms with Crippen molar-refractivity contribution in [3.8, 4) is 11.3 Å². The standard InChI is InChI=1S/C25H32N6O2/c32-25-23(27-12-13-30-14-16-33-17-15-30)28-22-7-6-21(20-8-10-26-11-9-20)29-24(22)31(25)18-19-4-2-1-3-5-19/h6-11,19H,1-5,12-18H2,(H,27,28). The van der Waals surface area contributed by atoms with Crippen molar-refractivity contribution in [2.45, 2.75) is 38.6 Å². The lowest BCUT2D eigenvalue weighted by Crippen LogP contribution is -2.39. The van der Waals surface area contributed by atoms with Crippen LogP contribution in [0.2, 0.25) is 0 Å². The molecule has 5 rings (SSSR count). The summed E-state index contributed by atoms with van der Waals surface area (Å²) in [4.78, 5) is 29.6. The molecule has 1 aliphatic heterocycles. The van der Waals surface area contributed by atoms with Crippen molar-refractivity contribution >= 4 is 17.0 Å². The molecule has 8 nitrogen and oxygen atoms in total. The van der Waals surface area contributed by atoms with Gasteiger partial charge in [-0.25, -0.2) is 9.97 Å². The molecular formula is C25H32N6O2. The average molecular weight is 449 g/mol. The molecule has 0 radical (unpaired) electrons. The van der Waals surface area contributed by atoms with E-state index in [1.54, 1.807) is 12.4 Å². The van der Waals surface area contributed by atoms with Crippen molar-refractivity contribution in [2.24, 2.45) is 5.92 Å². The van der Waals surface area contributed by atoms with Crippen molar-refractivity contribution in [3.05, 3.63) is 47.0 Å². The second kappa shape index (κ2) is 10.4. The Morgan fingerprint density at radius 2 is 1.79 bits per heavy atom. The third-order valence-corrected chi connectivity index (χ3v) is 6.76. The summed E-state index contributed by atoms with van der Waals surface area (Å²) in [5.41, 5.74) is 3.15. The molecular weight excluding hydrogens is 416 g/mol. The molecule has 0 spiro atoms. The molecule has 0 atom stereocenters. The van der Waals surface area contributed by atoms with E-state index in [-0.39, 0.29) is 5.56 Å². The number of anilines is 1. The van der Waals surface area contributed by atoms with Crippen LogP contribution in [-0.2, 0) is 11.3 Å². The normalized spacial score (nSPS) is 17.9. The average Bonchev–Trinajstić information content (AvgIpc) is 2.88. The van der Waals surface area contributed by atoms with Crippen LogP contribution in [0.25, 0.3) is 22.4 Å². The zero-order valence-corrected chi connectivity index (χ0v) is 19.1. The fourth-order valence-corrected chi connectivity index (χ4v) is 4.87. The zero-order valence-electron chi connectivity index (χ0n) is 19.1. The number of aromatic nitrogens is 4. The highest BCUT2D eigenvalue weighted by Gasteiger charge is 2.19. The van der Waals surface area contributed by atoms with Crippen LogP contribution < -0.4 is 10.9 Å². The Morgan fingerprint density at radius 1 is 1.00 bits per heavy atom. The third-order valence-electron chi connectivity index (χ3n) is 6.76. The quantitative estimate of drug-likeness (QED) is 0.594. The van der Waals surface area contributed by atoms with Crippen LogP contribution in [-0.4, -0.2) is 63.8 Å². The van der Waals surface area contributed by atoms with Crippen LogP contribution in [0.4, 0.5) is 5.82 Å². The lowest BCUT2D eigenvalue weighted by atomic mass is 9.89. The number of pyridine rings is 2. The van der Waals surface area contributed by atoms with Gasteiger partial charge in [-0.05, 0) is 43.0 Å². The molecule has 3 aromatic rings. The van der Waals surface area contributed by atoms with Crippen molar-refractivity contribution in [1.29, 1.82) is 0 Å². The summed E-state index contributed by atoms with van der Waals surface area (Å²) in [6.45, 7) is 5.65. The van der Waals surface area contributed by atoms with E-state index >= 15 is 0 Å². The predicted molar refractivity (Wildman–Crippen MR) is 129 cm³/mol. The molecule has 0 amide bonds. The maximum atomic E-state index is 13.5. The third kappa shape index (κ3) is 5.23. The molecule has 2 fully saturated rings. The Morgan fingerprint density at radius 3 is 2.58 bits per heavy atom. The molecule has 4 heterocycles. The summed E-state index contributed by atoms with van der Waals surface area (Å²) < 4.78 is 7.28. The molecule has 2 aliphatic rings. The first-order chi connectivity index (χ1) is 16.3. The molecule has 1 saturated carbocycles. The minimum Gasteiger partial charge on any atom is -0.379 e. The van der Waals surface area contributed by atoms with Gasteiger partial charge in [0, 0.05) is 50.7 Å². The molecule has 8 heteroatoms. The SMILES string of the molecule is O=c1c(NCCN2CCOCC2)nc2ccc(-c3ccncc3)nc2n1CC1CCCCC1. The van der Waals surface area contributed by atoms with Crippen LogP contribution in [0.3, 0.4) is 0 Å². The van der Waals surface area contributed by atoms with Gasteiger partial charge in [-0.2, -0.15) is 0 Å². The number of morpholine rings is 1. The molecule has 0 bridgehead atoms. The maximum Gasteiger partial charge on any atom is 0.294 e. The van der Waals surface area contributed by atoms with E-state index in [9.17, 15) is 4.79 Å². The summed E-state index contributed by atoms with van der Waals surface area (Å²) in [6, 6.07) is 7.82. The summed E-state index contributed by atoms with van der Waals surface area (Å²) in [6.07, 6.45) is 9.62. The largest absolute Gasteiger partial charge is 0.379 e. The lowest BCUT2D eigenvalue weighted by molar-refractivity contribution is 0.0398. The van der Waals surface area contributed by atoms with Gasteiger partial charge in [0.15, 0.2) is 11.5 Å². The van der Waals surface area contributed by atoms with Crippen LogP contribution in [0, 0.1) is 5.92 Å². The fourth-order valence-electron chi connectivity index (χ4n) is 4.87. The molecule has 0 unspecified atom stereocenters. The maximum absolute atomic E-state index is 13.5. The zero-order chi connectivity index (χ0) is 22.5. The van der Waals surface area contributed by atoms with E-state index in [1.807, 2.05) is 28.8 Å². The van der Waals surface area contributed by atoms with Gasteiger partial charge < -0.3 is 10.1 Å². The highest BCUT2D eigenvalue weighted by atomic mass is 16.5. The van der Waals surface area contributed by atoms with Gasteiger partial charge in [-0.3, -0.25) is 19.2 Å². The van der Waals surface area contributed by atoms with Gasteiger partial charge in [0.2, 0.25) is 0 Å². The monoisotopic (exact) mass is 448 g/mol. The van der Waals surface area contributed by atoms with Gasteiger partial charge in [0.1, 0.15) is 5.52 Å². The van der Waals surface area contributed by atoms with Gasteiger partial charge in [-0.1, -0.05) is 19.3 Å². The number of hydrogen-bond acceptors (Lipinski definition) is 7. The smallest absolute Gasteiger partial charge is 0.294 e. The number of fused-ring (bicyclic) bond motifs is 1. The van der Waals surface area contributed by atoms with Gasteiger partial charge in [0.25, 0.3) is 5.56 Å². The Balaban J connectivity index is 1.46. The Labute approximate surface area is 194 Å². The predicted octanol–water partition coefficient (Wildman–Crippen LogP) is 3.18. The highest BCUT2D eigenvalue weighted by molar-refractivity contribution is 5.76. The summed E-state index contributed by atoms with van der Waals surface area (Å²) in [5.74, 6) is 0.930. The number of rotatable bonds is 7. The molecule has 1 aliphatic carbocycles. The Bertz CT molecular complexity index is 1120. The van der Waals surface area contributed by atoms with E-state index in [0.29, 0.717) is 30.5 Å². The Kier molecular flexibility index (Phi) is 6.92. The molecule has 1 saturated heterocycles. The van der Waals surface area contributed by atoms with Crippen LogP contribution in [0.5, 0.6) is 0 Å². The van der Waals surface area contributed by atoms with Crippen LogP contribution in [0.1, 0.15) is 32.1 Å². The minimum absolute atomic E-state index is 0.0746. The fraction of sp³-hybridized carbons (Fsp3) is 0.520. The number of ether oxygens (including phenoxy) is 1. The van der Waals surface area contributed by atoms with Gasteiger partial charge in [0.05, 0.1) is 18.9 Å². The first kappa shape index (κ1) is 22.0. The first-order valence-electron chi connectivity index (χ1n) is 12.1. The summed E-state index contributed by atoms with van der Waals surface area (Å²) in [5, 5.41) is 3.31. The summed E-state index contributed by atoms with van der Waals surface area (Å²) in [7, 11) is 0. The number of nitrogens with zero attached hydrogens (tertiary/aromatic N) is 5. The minimum atomic E-state index is -0.0746. The molecule has 0 aromatic carbocycles. The first-order valence-corrected chi connectivity index (χ1v) is 12.1. The van der Waals surface area contributed by atoms with Crippen molar-refractivity contribution in [1.82, 2.24) is 24.4 Å². The molecule has 3 aromatic heterocycles. The molecule has 33 heavy (non-hydrogen) atoms. The number of hydrogen-bond donors (Lipinski definition) is 1. The van der Waals surface area contributed by atoms with Gasteiger partial charge in [-0.15, -0.1) is 0 Å². The number of nitrogens with one attached hydrogen (secondary N) is 1. The molecule has 174 valence electrons. The van der Waals surface area contributed by atoms with Crippen LogP contribution in [0.15, 0.2) is 41.5 Å². The second-order valence-corrected chi connectivity index (χ2v) is 9.04. The van der Waals surface area contributed by atoms with Crippen LogP contribution >= 0.6 is 0 Å². The molecule has 1 N–H and O–H groups in total. The van der Waals surface area contributed by atoms with E-state index in [1.165, 1.54) is 32.1 Å². The van der Waals surface area contributed by atoms with Crippen molar-refractivity contribution in [3.63, 3.8) is 0 Å². The van der Waals surface area contributed by atoms with E-state index < -0.39 is 0 Å². The summed E-state index contributed by atoms with van der Waals surface area (Å²) >= 11 is 0. The lowest BCUT2D eigenvalue weighted by Gasteiger charge is -2.26.